The molecule has 0 saturated carbocycles. The van der Waals surface area contributed by atoms with Crippen LogP contribution in [0.5, 0.6) is 0 Å². The molecule has 5 nitrogen and oxygen atoms in total. The Balaban J connectivity index is 1.69. The smallest absolute Gasteiger partial charge is 0.308 e. The molecule has 0 radical (unpaired) electrons. The summed E-state index contributed by atoms with van der Waals surface area (Å²) in [6.07, 6.45) is 0.967. The van der Waals surface area contributed by atoms with E-state index in [9.17, 15) is 9.59 Å². The Labute approximate surface area is 195 Å². The third-order valence-electron chi connectivity index (χ3n) is 4.93. The molecular weight excluding hydrogens is 424 g/mol. The normalized spacial score (nSPS) is 12.8. The minimum absolute atomic E-state index is 0.00790. The fourth-order valence-electron chi connectivity index (χ4n) is 3.20. The monoisotopic (exact) mass is 458 g/mol. The summed E-state index contributed by atoms with van der Waals surface area (Å²) in [7, 11) is 1.62. The summed E-state index contributed by atoms with van der Waals surface area (Å²) in [5, 5.41) is 0. The maximum Gasteiger partial charge on any atom is 0.308 e. The van der Waals surface area contributed by atoms with Crippen molar-refractivity contribution in [2.75, 3.05) is 19.5 Å². The third-order valence-corrected chi connectivity index (χ3v) is 5.99. The first-order chi connectivity index (χ1) is 15.6. The molecule has 2 aromatic rings. The van der Waals surface area contributed by atoms with Crippen LogP contribution >= 0.6 is 11.8 Å². The van der Waals surface area contributed by atoms with Gasteiger partial charge in [-0.15, -0.1) is 0 Å². The van der Waals surface area contributed by atoms with Crippen LogP contribution in [0.4, 0.5) is 0 Å². The number of ether oxygens (including phenoxy) is 3. The number of benzene rings is 2. The van der Waals surface area contributed by atoms with Crippen molar-refractivity contribution in [3.63, 3.8) is 0 Å². The molecule has 2 atom stereocenters. The lowest BCUT2D eigenvalue weighted by Gasteiger charge is -2.19. The van der Waals surface area contributed by atoms with Crippen molar-refractivity contribution in [1.29, 1.82) is 0 Å². The van der Waals surface area contributed by atoms with E-state index in [0.29, 0.717) is 19.6 Å². The van der Waals surface area contributed by atoms with Gasteiger partial charge in [0.05, 0.1) is 25.7 Å². The first-order valence-corrected chi connectivity index (χ1v) is 12.2. The average molecular weight is 459 g/mol. The highest BCUT2D eigenvalue weighted by Gasteiger charge is 2.20. The number of thioether (sulfide) groups is 1. The van der Waals surface area contributed by atoms with Gasteiger partial charge < -0.3 is 14.2 Å². The van der Waals surface area contributed by atoms with Crippen LogP contribution in [0.25, 0.3) is 0 Å². The molecule has 0 aliphatic heterocycles. The molecule has 6 heteroatoms. The Hall–Kier alpha value is -2.15. The van der Waals surface area contributed by atoms with Gasteiger partial charge in [0, 0.05) is 25.7 Å². The van der Waals surface area contributed by atoms with Crippen molar-refractivity contribution in [3.8, 4) is 0 Å². The zero-order valence-electron chi connectivity index (χ0n) is 19.0. The predicted molar refractivity (Wildman–Crippen MR) is 129 cm³/mol. The van der Waals surface area contributed by atoms with Gasteiger partial charge in [0.2, 0.25) is 0 Å². The molecule has 0 aliphatic carbocycles. The van der Waals surface area contributed by atoms with Crippen molar-refractivity contribution < 1.29 is 23.8 Å². The fourth-order valence-corrected chi connectivity index (χ4v) is 4.21. The number of hydrogen-bond donors (Lipinski definition) is 0. The Morgan fingerprint density at radius 3 is 2.16 bits per heavy atom. The van der Waals surface area contributed by atoms with Crippen LogP contribution in [0.2, 0.25) is 0 Å². The van der Waals surface area contributed by atoms with Crippen molar-refractivity contribution in [2.24, 2.45) is 0 Å². The summed E-state index contributed by atoms with van der Waals surface area (Å²) in [6.45, 7) is 2.42. The number of carbonyl (C=O) groups is 2. The van der Waals surface area contributed by atoms with Crippen molar-refractivity contribution >= 4 is 23.5 Å². The summed E-state index contributed by atoms with van der Waals surface area (Å²) in [6, 6.07) is 20.2. The number of methoxy groups -OCH3 is 1. The first-order valence-electron chi connectivity index (χ1n) is 11.0. The van der Waals surface area contributed by atoms with Crippen LogP contribution < -0.4 is 0 Å². The van der Waals surface area contributed by atoms with Crippen LogP contribution in [-0.2, 0) is 36.2 Å². The van der Waals surface area contributed by atoms with Gasteiger partial charge in [0.25, 0.3) is 0 Å². The molecule has 2 rings (SSSR count). The zero-order chi connectivity index (χ0) is 23.0. The Morgan fingerprint density at radius 1 is 0.875 bits per heavy atom. The van der Waals surface area contributed by atoms with E-state index >= 15 is 0 Å². The van der Waals surface area contributed by atoms with Crippen molar-refractivity contribution in [2.45, 2.75) is 57.2 Å². The van der Waals surface area contributed by atoms with E-state index in [4.69, 9.17) is 14.2 Å². The number of esters is 1. The number of Topliss-reactive ketones (excluding diaryl/α,β-unsaturated/α-hetero) is 1. The van der Waals surface area contributed by atoms with Gasteiger partial charge in [-0.2, -0.15) is 11.8 Å². The first kappa shape index (κ1) is 26.1. The zero-order valence-corrected chi connectivity index (χ0v) is 19.9. The van der Waals surface area contributed by atoms with E-state index in [0.717, 1.165) is 23.5 Å². The van der Waals surface area contributed by atoms with E-state index < -0.39 is 6.10 Å². The molecule has 0 heterocycles. The highest BCUT2D eigenvalue weighted by atomic mass is 32.2. The molecule has 32 heavy (non-hydrogen) atoms. The van der Waals surface area contributed by atoms with Crippen LogP contribution in [0.3, 0.4) is 0 Å². The molecule has 0 aromatic heterocycles. The van der Waals surface area contributed by atoms with Gasteiger partial charge in [0.15, 0.2) is 0 Å². The van der Waals surface area contributed by atoms with Gasteiger partial charge in [0.1, 0.15) is 11.9 Å². The predicted octanol–water partition coefficient (Wildman–Crippen LogP) is 5.21. The van der Waals surface area contributed by atoms with E-state index in [2.05, 4.69) is 12.1 Å². The van der Waals surface area contributed by atoms with Gasteiger partial charge >= 0.3 is 5.97 Å². The highest BCUT2D eigenvalue weighted by molar-refractivity contribution is 7.98. The minimum atomic E-state index is -0.472. The maximum absolute atomic E-state index is 12.5. The van der Waals surface area contributed by atoms with Gasteiger partial charge in [-0.05, 0) is 30.2 Å². The van der Waals surface area contributed by atoms with Crippen LogP contribution in [0.1, 0.15) is 43.7 Å². The van der Waals surface area contributed by atoms with E-state index in [-0.39, 0.29) is 30.7 Å². The molecule has 0 amide bonds. The topological polar surface area (TPSA) is 61.8 Å². The molecule has 2 unspecified atom stereocenters. The third kappa shape index (κ3) is 11.5. The average Bonchev–Trinajstić information content (AvgIpc) is 2.79. The summed E-state index contributed by atoms with van der Waals surface area (Å²) < 4.78 is 16.8. The van der Waals surface area contributed by atoms with Crippen LogP contribution in [0, 0.1) is 0 Å². The quantitative estimate of drug-likeness (QED) is 0.254. The molecule has 0 bridgehead atoms. The van der Waals surface area contributed by atoms with E-state index in [1.807, 2.05) is 60.3 Å². The second-order valence-electron chi connectivity index (χ2n) is 7.73. The Morgan fingerprint density at radius 2 is 1.53 bits per heavy atom. The Kier molecular flexibility index (Phi) is 12.7. The molecule has 0 fully saturated rings. The molecule has 0 N–H and O–H groups in total. The van der Waals surface area contributed by atoms with E-state index in [1.165, 1.54) is 12.5 Å². The molecule has 0 saturated heterocycles. The van der Waals surface area contributed by atoms with Gasteiger partial charge in [-0.1, -0.05) is 60.7 Å². The lowest BCUT2D eigenvalue weighted by atomic mass is 10.1. The highest BCUT2D eigenvalue weighted by Crippen LogP contribution is 2.17. The number of hydrogen-bond acceptors (Lipinski definition) is 6. The van der Waals surface area contributed by atoms with Gasteiger partial charge in [-0.25, -0.2) is 0 Å². The van der Waals surface area contributed by atoms with Crippen molar-refractivity contribution in [3.05, 3.63) is 71.8 Å². The second kappa shape index (κ2) is 15.6. The van der Waals surface area contributed by atoms with Crippen LogP contribution in [-0.4, -0.2) is 43.4 Å². The Bertz CT molecular complexity index is 781. The molecular formula is C26H34O5S. The van der Waals surface area contributed by atoms with E-state index in [1.54, 1.807) is 7.11 Å². The molecule has 2 aromatic carbocycles. The minimum Gasteiger partial charge on any atom is -0.462 e. The summed E-state index contributed by atoms with van der Waals surface area (Å²) >= 11 is 1.82. The maximum atomic E-state index is 12.5. The summed E-state index contributed by atoms with van der Waals surface area (Å²) in [5.41, 5.74) is 2.37. The lowest BCUT2D eigenvalue weighted by molar-refractivity contribution is -0.153. The second-order valence-corrected chi connectivity index (χ2v) is 8.84. The van der Waals surface area contributed by atoms with Crippen LogP contribution in [0.15, 0.2) is 60.7 Å². The SMILES string of the molecule is COC(CCSCc1ccccc1)CC(=O)OC(CCOCc1ccccc1)CC(C)=O. The number of carbonyl (C=O) groups excluding carboxylic acids is 2. The number of ketones is 1. The molecule has 174 valence electrons. The number of rotatable bonds is 16. The summed E-state index contributed by atoms with van der Waals surface area (Å²) in [5.74, 6) is 1.49. The van der Waals surface area contributed by atoms with Crippen molar-refractivity contribution in [1.82, 2.24) is 0 Å². The summed E-state index contributed by atoms with van der Waals surface area (Å²) in [4.78, 5) is 24.1. The molecule has 0 spiro atoms. The fraction of sp³-hybridized carbons (Fsp3) is 0.462. The standard InChI is InChI=1S/C26H34O5S/c1-21(27)17-25(13-15-30-19-22-9-5-3-6-10-22)31-26(28)18-24(29-2)14-16-32-20-23-11-7-4-8-12-23/h3-12,24-25H,13-20H2,1-2H3. The van der Waals surface area contributed by atoms with Gasteiger partial charge in [-0.3, -0.25) is 9.59 Å². The largest absolute Gasteiger partial charge is 0.462 e. The molecule has 0 aliphatic rings. The lowest BCUT2D eigenvalue weighted by Crippen LogP contribution is -2.26.